The molecular formula is C8H10NO2. The first-order valence-electron chi connectivity index (χ1n) is 3.34. The summed E-state index contributed by atoms with van der Waals surface area (Å²) in [7, 11) is 0. The van der Waals surface area contributed by atoms with E-state index >= 15 is 0 Å². The van der Waals surface area contributed by atoms with E-state index in [1.54, 1.807) is 13.0 Å². The van der Waals surface area contributed by atoms with E-state index in [1.165, 1.54) is 12.1 Å². The van der Waals surface area contributed by atoms with Gasteiger partial charge < -0.3 is 10.2 Å². The second-order valence-electron chi connectivity index (χ2n) is 2.47. The van der Waals surface area contributed by atoms with Gasteiger partial charge in [-0.3, -0.25) is 5.73 Å². The van der Waals surface area contributed by atoms with Gasteiger partial charge in [-0.2, -0.15) is 0 Å². The minimum atomic E-state index is -0.374. The molecule has 0 spiro atoms. The third-order valence-corrected chi connectivity index (χ3v) is 1.50. The monoisotopic (exact) mass is 152 g/mol. The number of hydrogen-bond acceptors (Lipinski definition) is 2. The van der Waals surface area contributed by atoms with Crippen LogP contribution in [0.3, 0.4) is 0 Å². The molecule has 0 aromatic heterocycles. The van der Waals surface area contributed by atoms with Crippen LogP contribution in [0.5, 0.6) is 11.5 Å². The minimum Gasteiger partial charge on any atom is -0.504 e. The van der Waals surface area contributed by atoms with Crippen molar-refractivity contribution in [1.29, 1.82) is 0 Å². The Morgan fingerprint density at radius 1 is 1.27 bits per heavy atom. The van der Waals surface area contributed by atoms with Crippen LogP contribution in [-0.4, -0.2) is 10.2 Å². The van der Waals surface area contributed by atoms with Gasteiger partial charge in [-0.05, 0) is 24.6 Å². The van der Waals surface area contributed by atoms with Crippen molar-refractivity contribution in [1.82, 2.24) is 5.73 Å². The van der Waals surface area contributed by atoms with Crippen molar-refractivity contribution in [3.05, 3.63) is 23.8 Å². The fourth-order valence-electron chi connectivity index (χ4n) is 0.810. The average molecular weight is 152 g/mol. The van der Waals surface area contributed by atoms with E-state index in [-0.39, 0.29) is 17.5 Å². The van der Waals surface area contributed by atoms with Gasteiger partial charge in [0.1, 0.15) is 0 Å². The Hall–Kier alpha value is -1.22. The number of benzene rings is 1. The maximum absolute atomic E-state index is 9.02. The summed E-state index contributed by atoms with van der Waals surface area (Å²) in [6.45, 7) is 1.70. The van der Waals surface area contributed by atoms with Crippen LogP contribution in [-0.2, 0) is 0 Å². The second kappa shape index (κ2) is 2.80. The lowest BCUT2D eigenvalue weighted by atomic mass is 10.1. The van der Waals surface area contributed by atoms with Crippen molar-refractivity contribution in [2.24, 2.45) is 0 Å². The maximum atomic E-state index is 9.02. The molecule has 0 saturated carbocycles. The van der Waals surface area contributed by atoms with Crippen molar-refractivity contribution in [2.45, 2.75) is 13.0 Å². The van der Waals surface area contributed by atoms with Crippen molar-refractivity contribution >= 4 is 0 Å². The normalized spacial score (nSPS) is 12.9. The molecule has 1 aromatic carbocycles. The summed E-state index contributed by atoms with van der Waals surface area (Å²) >= 11 is 0. The van der Waals surface area contributed by atoms with E-state index in [0.29, 0.717) is 5.56 Å². The SMILES string of the molecule is CC([NH])c1ccc(O)c(O)c1. The molecule has 59 valence electrons. The van der Waals surface area contributed by atoms with E-state index in [9.17, 15) is 0 Å². The average Bonchev–Trinajstić information content (AvgIpc) is 1.94. The van der Waals surface area contributed by atoms with Crippen LogP contribution in [0.1, 0.15) is 18.5 Å². The van der Waals surface area contributed by atoms with E-state index in [0.717, 1.165) is 0 Å². The fraction of sp³-hybridized carbons (Fsp3) is 0.250. The lowest BCUT2D eigenvalue weighted by Crippen LogP contribution is -1.91. The predicted octanol–water partition coefficient (Wildman–Crippen LogP) is 1.44. The zero-order chi connectivity index (χ0) is 8.43. The zero-order valence-electron chi connectivity index (χ0n) is 6.20. The molecule has 0 amide bonds. The lowest BCUT2D eigenvalue weighted by molar-refractivity contribution is 0.402. The van der Waals surface area contributed by atoms with Gasteiger partial charge in [0.2, 0.25) is 0 Å². The Kier molecular flexibility index (Phi) is 2.01. The van der Waals surface area contributed by atoms with Gasteiger partial charge in [-0.15, -0.1) is 0 Å². The quantitative estimate of drug-likeness (QED) is 0.598. The maximum Gasteiger partial charge on any atom is 0.157 e. The standard InChI is InChI=1S/C8H10NO2/c1-5(9)6-2-3-7(10)8(11)4-6/h2-5,9-11H,1H3. The first-order valence-corrected chi connectivity index (χ1v) is 3.34. The van der Waals surface area contributed by atoms with Crippen molar-refractivity contribution < 1.29 is 10.2 Å². The number of rotatable bonds is 1. The molecule has 0 fully saturated rings. The largest absolute Gasteiger partial charge is 0.504 e. The van der Waals surface area contributed by atoms with Crippen LogP contribution in [0.4, 0.5) is 0 Å². The van der Waals surface area contributed by atoms with Crippen LogP contribution in [0.2, 0.25) is 0 Å². The first kappa shape index (κ1) is 7.88. The molecule has 3 nitrogen and oxygen atoms in total. The summed E-state index contributed by atoms with van der Waals surface area (Å²) in [5.74, 6) is -0.309. The molecule has 1 rings (SSSR count). The molecule has 0 aliphatic carbocycles. The first-order chi connectivity index (χ1) is 5.11. The summed E-state index contributed by atoms with van der Waals surface area (Å²) in [5.41, 5.74) is 7.99. The Morgan fingerprint density at radius 3 is 2.36 bits per heavy atom. The molecule has 1 unspecified atom stereocenters. The van der Waals surface area contributed by atoms with Gasteiger partial charge in [0, 0.05) is 6.04 Å². The van der Waals surface area contributed by atoms with Gasteiger partial charge in [0.25, 0.3) is 0 Å². The molecule has 1 aromatic rings. The van der Waals surface area contributed by atoms with Gasteiger partial charge in [-0.25, -0.2) is 0 Å². The van der Waals surface area contributed by atoms with Crippen LogP contribution in [0.25, 0.3) is 0 Å². The Morgan fingerprint density at radius 2 is 1.91 bits per heavy atom. The predicted molar refractivity (Wildman–Crippen MR) is 41.3 cm³/mol. The Labute approximate surface area is 65.1 Å². The molecule has 0 aliphatic heterocycles. The summed E-state index contributed by atoms with van der Waals surface area (Å²) in [5, 5.41) is 17.9. The molecule has 1 atom stereocenters. The minimum absolute atomic E-state index is 0.144. The highest BCUT2D eigenvalue weighted by Crippen LogP contribution is 2.27. The molecule has 0 saturated heterocycles. The molecule has 0 heterocycles. The molecule has 3 N–H and O–H groups in total. The van der Waals surface area contributed by atoms with E-state index < -0.39 is 0 Å². The van der Waals surface area contributed by atoms with Gasteiger partial charge in [0.15, 0.2) is 11.5 Å². The van der Waals surface area contributed by atoms with E-state index in [4.69, 9.17) is 15.9 Å². The number of hydrogen-bond donors (Lipinski definition) is 2. The van der Waals surface area contributed by atoms with Crippen LogP contribution in [0.15, 0.2) is 18.2 Å². The van der Waals surface area contributed by atoms with Crippen LogP contribution >= 0.6 is 0 Å². The fourth-order valence-corrected chi connectivity index (χ4v) is 0.810. The lowest BCUT2D eigenvalue weighted by Gasteiger charge is -2.04. The number of aromatic hydroxyl groups is 2. The highest BCUT2D eigenvalue weighted by molar-refractivity contribution is 5.41. The number of phenolic OH excluding ortho intramolecular Hbond substituents is 2. The highest BCUT2D eigenvalue weighted by Gasteiger charge is 2.03. The summed E-state index contributed by atoms with van der Waals surface area (Å²) in [6, 6.07) is 4.02. The Bertz CT molecular complexity index is 258. The summed E-state index contributed by atoms with van der Waals surface area (Å²) < 4.78 is 0. The van der Waals surface area contributed by atoms with Crippen molar-refractivity contribution in [3.63, 3.8) is 0 Å². The summed E-state index contributed by atoms with van der Waals surface area (Å²) in [6.07, 6.45) is 0. The number of phenols is 2. The molecule has 3 heteroatoms. The van der Waals surface area contributed by atoms with E-state index in [1.807, 2.05) is 0 Å². The molecule has 11 heavy (non-hydrogen) atoms. The van der Waals surface area contributed by atoms with Crippen LogP contribution < -0.4 is 5.73 Å². The molecule has 0 bridgehead atoms. The highest BCUT2D eigenvalue weighted by atomic mass is 16.3. The van der Waals surface area contributed by atoms with Crippen molar-refractivity contribution in [2.75, 3.05) is 0 Å². The number of nitrogens with one attached hydrogen (secondary N) is 1. The molecule has 1 radical (unpaired) electrons. The smallest absolute Gasteiger partial charge is 0.157 e. The molecular weight excluding hydrogens is 142 g/mol. The topological polar surface area (TPSA) is 64.3 Å². The van der Waals surface area contributed by atoms with Crippen molar-refractivity contribution in [3.8, 4) is 11.5 Å². The van der Waals surface area contributed by atoms with E-state index in [2.05, 4.69) is 0 Å². The third-order valence-electron chi connectivity index (χ3n) is 1.50. The third kappa shape index (κ3) is 1.62. The molecule has 0 aliphatic rings. The van der Waals surface area contributed by atoms with Gasteiger partial charge in [0.05, 0.1) is 0 Å². The zero-order valence-corrected chi connectivity index (χ0v) is 6.20. The van der Waals surface area contributed by atoms with Gasteiger partial charge >= 0.3 is 0 Å². The van der Waals surface area contributed by atoms with Crippen LogP contribution in [0, 0.1) is 0 Å². The second-order valence-corrected chi connectivity index (χ2v) is 2.47. The van der Waals surface area contributed by atoms with Gasteiger partial charge in [-0.1, -0.05) is 6.07 Å². The summed E-state index contributed by atoms with van der Waals surface area (Å²) in [4.78, 5) is 0. The Balaban J connectivity index is 3.05.